The summed E-state index contributed by atoms with van der Waals surface area (Å²) in [6, 6.07) is -1.06. The van der Waals surface area contributed by atoms with Crippen molar-refractivity contribution in [2.24, 2.45) is 0 Å². The van der Waals surface area contributed by atoms with Gasteiger partial charge in [-0.2, -0.15) is 0 Å². The minimum Gasteiger partial charge on any atom is -0.454 e. The molecule has 0 aromatic rings. The summed E-state index contributed by atoms with van der Waals surface area (Å²) in [6.45, 7) is 5.48. The molecule has 0 saturated carbocycles. The average Bonchev–Trinajstić information content (AvgIpc) is 3.67. The number of unbranched alkanes of at least 4 members (excludes halogenated alkanes) is 19. The molecule has 468 valence electrons. The second-order valence-electron chi connectivity index (χ2n) is 21.5. The molecule has 1 fully saturated rings. The first-order valence-electron chi connectivity index (χ1n) is 32.3. The molecular formula is C72H115NO10. The summed E-state index contributed by atoms with van der Waals surface area (Å²) in [4.78, 5) is 26.6. The van der Waals surface area contributed by atoms with E-state index >= 15 is 0 Å². The molecule has 1 amide bonds. The Morgan fingerprint density at radius 2 is 0.928 bits per heavy atom. The monoisotopic (exact) mass is 1150 g/mol. The molecule has 0 aromatic heterocycles. The number of allylic oxidation sites excluding steroid dienone is 25. The van der Waals surface area contributed by atoms with E-state index in [2.05, 4.69) is 105 Å². The summed E-state index contributed by atoms with van der Waals surface area (Å²) in [5, 5.41) is 57.0. The van der Waals surface area contributed by atoms with Crippen molar-refractivity contribution in [2.75, 3.05) is 13.2 Å². The largest absolute Gasteiger partial charge is 0.454 e. The summed E-state index contributed by atoms with van der Waals surface area (Å²) < 4.78 is 17.6. The molecule has 1 saturated heterocycles. The molecule has 1 rings (SSSR count). The van der Waals surface area contributed by atoms with Gasteiger partial charge in [-0.25, -0.2) is 0 Å². The Bertz CT molecular complexity index is 1950. The Labute approximate surface area is 504 Å². The Hall–Kier alpha value is -4.72. The van der Waals surface area contributed by atoms with Crippen LogP contribution >= 0.6 is 0 Å². The zero-order chi connectivity index (χ0) is 60.3. The van der Waals surface area contributed by atoms with Crippen LogP contribution in [0.15, 0.2) is 158 Å². The molecule has 1 heterocycles. The zero-order valence-electron chi connectivity index (χ0n) is 51.7. The van der Waals surface area contributed by atoms with Crippen LogP contribution in [0, 0.1) is 0 Å². The van der Waals surface area contributed by atoms with Crippen molar-refractivity contribution < 1.29 is 49.3 Å². The summed E-state index contributed by atoms with van der Waals surface area (Å²) in [5.41, 5.74) is 0. The number of carbonyl (C=O) groups excluding carboxylic acids is 2. The first-order valence-corrected chi connectivity index (χ1v) is 32.3. The normalized spacial score (nSPS) is 19.6. The van der Waals surface area contributed by atoms with Gasteiger partial charge in [0.25, 0.3) is 0 Å². The van der Waals surface area contributed by atoms with Gasteiger partial charge in [0.15, 0.2) is 12.4 Å². The molecule has 1 aliphatic rings. The van der Waals surface area contributed by atoms with E-state index in [4.69, 9.17) is 14.2 Å². The molecule has 0 spiro atoms. The predicted molar refractivity (Wildman–Crippen MR) is 347 cm³/mol. The van der Waals surface area contributed by atoms with Crippen molar-refractivity contribution >= 4 is 11.9 Å². The van der Waals surface area contributed by atoms with Crippen molar-refractivity contribution in [3.05, 3.63) is 158 Å². The maximum atomic E-state index is 13.4. The summed E-state index contributed by atoms with van der Waals surface area (Å²) in [5.74, 6) is -1.27. The van der Waals surface area contributed by atoms with Crippen LogP contribution in [0.4, 0.5) is 0 Å². The average molecular weight is 1150 g/mol. The fourth-order valence-corrected chi connectivity index (χ4v) is 9.04. The van der Waals surface area contributed by atoms with E-state index in [0.29, 0.717) is 12.8 Å². The molecule has 1 aliphatic heterocycles. The Kier molecular flexibility index (Phi) is 53.0. The third kappa shape index (κ3) is 45.3. The van der Waals surface area contributed by atoms with Crippen LogP contribution in [-0.4, -0.2) is 99.6 Å². The van der Waals surface area contributed by atoms with Crippen LogP contribution in [0.2, 0.25) is 0 Å². The van der Waals surface area contributed by atoms with E-state index < -0.39 is 67.4 Å². The van der Waals surface area contributed by atoms with Crippen molar-refractivity contribution in [3.63, 3.8) is 0 Å². The molecule has 6 N–H and O–H groups in total. The topological polar surface area (TPSA) is 175 Å². The molecular weight excluding hydrogens is 1040 g/mol. The van der Waals surface area contributed by atoms with Crippen molar-refractivity contribution in [2.45, 2.75) is 269 Å². The van der Waals surface area contributed by atoms with E-state index in [0.717, 1.165) is 122 Å². The molecule has 0 aromatic carbocycles. The van der Waals surface area contributed by atoms with Crippen molar-refractivity contribution in [3.8, 4) is 0 Å². The lowest BCUT2D eigenvalue weighted by Gasteiger charge is -2.41. The molecule has 0 aliphatic carbocycles. The third-order valence-electron chi connectivity index (χ3n) is 14.1. The lowest BCUT2D eigenvalue weighted by atomic mass is 9.99. The molecule has 0 radical (unpaired) electrons. The van der Waals surface area contributed by atoms with Crippen molar-refractivity contribution in [1.82, 2.24) is 5.32 Å². The Balaban J connectivity index is 2.69. The van der Waals surface area contributed by atoms with Gasteiger partial charge in [0.2, 0.25) is 5.91 Å². The highest BCUT2D eigenvalue weighted by Crippen LogP contribution is 2.26. The second-order valence-corrected chi connectivity index (χ2v) is 21.5. The molecule has 8 atom stereocenters. The van der Waals surface area contributed by atoms with Crippen LogP contribution < -0.4 is 5.32 Å². The number of nitrogens with one attached hydrogen (secondary N) is 1. The van der Waals surface area contributed by atoms with Gasteiger partial charge in [-0.05, 0) is 96.3 Å². The number of rotatable bonds is 52. The van der Waals surface area contributed by atoms with Gasteiger partial charge in [0.05, 0.1) is 25.4 Å². The van der Waals surface area contributed by atoms with Gasteiger partial charge in [0, 0.05) is 6.42 Å². The highest BCUT2D eigenvalue weighted by atomic mass is 16.7. The number of hydrogen-bond acceptors (Lipinski definition) is 10. The number of hydrogen-bond donors (Lipinski definition) is 6. The maximum absolute atomic E-state index is 13.4. The molecule has 0 bridgehead atoms. The standard InChI is InChI=1S/C72H115NO10/c1-4-7-10-13-16-19-22-25-27-29-30-31-32-33-34-35-36-37-39-42-45-48-51-54-57-60-67(77)83-70-69(79)68(78)66(61-74)82-72(70)81-62-63(64(75)58-55-52-49-46-43-40-24-21-18-15-12-9-6-3)73-71(80)65(76)59-56-53-50-47-44-41-38-28-26-23-20-17-14-11-8-5-2/h7-8,10-11,14,16-17,19-20,23,25-28,30-31,33-34,36-38,41,44,47,55,58,63-66,68-70,72,74-76,78-79H,4-6,9,12-13,15,18,21-22,24,29,32,35,39-40,42-43,45-46,48-54,56-57,59-62H2,1-3H3,(H,73,80)/b10-7-,11-8-,17-14+,19-16-,23-20+,27-25-,28-26-,31-30-,34-33-,37-36-,41-38+,47-44+,58-55+. The number of carbonyl (C=O) groups is 2. The van der Waals surface area contributed by atoms with Crippen LogP contribution in [-0.2, 0) is 23.8 Å². The lowest BCUT2D eigenvalue weighted by Crippen LogP contribution is -2.61. The van der Waals surface area contributed by atoms with Crippen LogP contribution in [0.1, 0.15) is 220 Å². The first-order chi connectivity index (χ1) is 40.7. The number of esters is 1. The van der Waals surface area contributed by atoms with Gasteiger partial charge in [-0.1, -0.05) is 275 Å². The van der Waals surface area contributed by atoms with E-state index in [1.54, 1.807) is 6.08 Å². The summed E-state index contributed by atoms with van der Waals surface area (Å²) >= 11 is 0. The Morgan fingerprint density at radius 1 is 0.494 bits per heavy atom. The number of aliphatic hydroxyl groups excluding tert-OH is 5. The predicted octanol–water partition coefficient (Wildman–Crippen LogP) is 15.9. The molecule has 83 heavy (non-hydrogen) atoms. The second kappa shape index (κ2) is 57.7. The van der Waals surface area contributed by atoms with E-state index in [9.17, 15) is 35.1 Å². The maximum Gasteiger partial charge on any atom is 0.306 e. The zero-order valence-corrected chi connectivity index (χ0v) is 51.7. The van der Waals surface area contributed by atoms with Gasteiger partial charge < -0.3 is 45.1 Å². The molecule has 8 unspecified atom stereocenters. The first kappa shape index (κ1) is 76.3. The SMILES string of the molecule is CC\C=C/C=C/C=C/C=C\C=C\C=C\CCCCC(O)C(=O)NC(COC1OC(CO)C(O)C(O)C1OC(=O)CCCCCCCC/C=C\C/C=C\C/C=C\C/C=C\C/C=C\C/C=C\CC)C(O)/C=C/CCCCCCCCCCCCC. The Morgan fingerprint density at radius 3 is 1.45 bits per heavy atom. The quantitative estimate of drug-likeness (QED) is 0.0149. The van der Waals surface area contributed by atoms with Crippen molar-refractivity contribution in [1.29, 1.82) is 0 Å². The summed E-state index contributed by atoms with van der Waals surface area (Å²) in [7, 11) is 0. The van der Waals surface area contributed by atoms with Gasteiger partial charge in [0.1, 0.15) is 24.4 Å². The summed E-state index contributed by atoms with van der Waals surface area (Å²) in [6.07, 6.45) is 74.1. The third-order valence-corrected chi connectivity index (χ3v) is 14.1. The fourth-order valence-electron chi connectivity index (χ4n) is 9.04. The minimum absolute atomic E-state index is 0.0897. The number of amides is 1. The van der Waals surface area contributed by atoms with E-state index in [1.807, 2.05) is 72.9 Å². The number of ether oxygens (including phenoxy) is 3. The van der Waals surface area contributed by atoms with Crippen LogP contribution in [0.5, 0.6) is 0 Å². The van der Waals surface area contributed by atoms with Crippen LogP contribution in [0.25, 0.3) is 0 Å². The molecule has 11 nitrogen and oxygen atoms in total. The smallest absolute Gasteiger partial charge is 0.306 e. The fraction of sp³-hybridized carbons (Fsp3) is 0.611. The van der Waals surface area contributed by atoms with Gasteiger partial charge in [-0.15, -0.1) is 0 Å². The highest BCUT2D eigenvalue weighted by Gasteiger charge is 2.47. The highest BCUT2D eigenvalue weighted by molar-refractivity contribution is 5.80. The van der Waals surface area contributed by atoms with E-state index in [1.165, 1.54) is 51.4 Å². The lowest BCUT2D eigenvalue weighted by molar-refractivity contribution is -0.305. The number of aliphatic hydroxyl groups is 5. The minimum atomic E-state index is -1.64. The molecule has 11 heteroatoms. The van der Waals surface area contributed by atoms with Crippen LogP contribution in [0.3, 0.4) is 0 Å². The van der Waals surface area contributed by atoms with Gasteiger partial charge >= 0.3 is 5.97 Å². The van der Waals surface area contributed by atoms with E-state index in [-0.39, 0.29) is 19.4 Å². The van der Waals surface area contributed by atoms with Gasteiger partial charge in [-0.3, -0.25) is 9.59 Å².